The molecule has 0 aliphatic heterocycles. The van der Waals surface area contributed by atoms with Crippen LogP contribution in [0, 0.1) is 0 Å². The van der Waals surface area contributed by atoms with E-state index < -0.39 is 0 Å². The lowest BCUT2D eigenvalue weighted by molar-refractivity contribution is 0.503. The lowest BCUT2D eigenvalue weighted by atomic mass is 10.1. The average molecular weight is 293 g/mol. The quantitative estimate of drug-likeness (QED) is 0.914. The zero-order chi connectivity index (χ0) is 13.2. The van der Waals surface area contributed by atoms with Gasteiger partial charge in [0, 0.05) is 35.1 Å². The molecule has 0 fully saturated rings. The van der Waals surface area contributed by atoms with Crippen LogP contribution in [0.5, 0.6) is 0 Å². The monoisotopic (exact) mass is 292 g/mol. The molecule has 1 aromatic heterocycles. The number of halogens is 1. The van der Waals surface area contributed by atoms with Crippen molar-refractivity contribution in [2.45, 2.75) is 31.7 Å². The van der Waals surface area contributed by atoms with E-state index in [1.165, 1.54) is 22.6 Å². The predicted molar refractivity (Wildman–Crippen MR) is 81.0 cm³/mol. The van der Waals surface area contributed by atoms with E-state index in [0.29, 0.717) is 12.0 Å². The van der Waals surface area contributed by atoms with E-state index in [-0.39, 0.29) is 0 Å². The maximum Gasteiger partial charge on any atom is 0.0965 e. The van der Waals surface area contributed by atoms with Crippen molar-refractivity contribution in [3.05, 3.63) is 50.9 Å². The number of thiazole rings is 1. The number of nitrogens with one attached hydrogen (secondary N) is 1. The minimum Gasteiger partial charge on any atom is -0.309 e. The normalized spacial score (nSPS) is 19.4. The highest BCUT2D eigenvalue weighted by atomic mass is 35.5. The third-order valence-corrected chi connectivity index (χ3v) is 4.97. The van der Waals surface area contributed by atoms with Crippen LogP contribution in [-0.4, -0.2) is 11.5 Å². The molecule has 0 spiro atoms. The fraction of sp³-hybridized carbons (Fsp3) is 0.400. The molecular formula is C15H17ClN2S. The first kappa shape index (κ1) is 13.1. The van der Waals surface area contributed by atoms with Crippen molar-refractivity contribution >= 4 is 22.9 Å². The fourth-order valence-electron chi connectivity index (χ4n) is 2.68. The standard InChI is InChI=1S/C15H17ClN2S/c1-10(15-17-6-7-19-15)9-18-14-5-2-11-8-12(16)3-4-13(11)14/h3-4,6-8,10,14,18H,2,5,9H2,1H3. The second kappa shape index (κ2) is 5.61. The zero-order valence-corrected chi connectivity index (χ0v) is 12.5. The fourth-order valence-corrected chi connectivity index (χ4v) is 3.58. The van der Waals surface area contributed by atoms with Crippen LogP contribution in [0.2, 0.25) is 5.02 Å². The molecule has 4 heteroatoms. The second-order valence-corrected chi connectivity index (χ2v) is 6.48. The smallest absolute Gasteiger partial charge is 0.0965 e. The number of hydrogen-bond donors (Lipinski definition) is 1. The van der Waals surface area contributed by atoms with Crippen molar-refractivity contribution in [1.29, 1.82) is 0 Å². The Bertz CT molecular complexity index is 553. The molecule has 0 amide bonds. The Balaban J connectivity index is 1.64. The molecule has 0 radical (unpaired) electrons. The van der Waals surface area contributed by atoms with Crippen molar-refractivity contribution in [1.82, 2.24) is 10.3 Å². The van der Waals surface area contributed by atoms with Crippen LogP contribution < -0.4 is 5.32 Å². The van der Waals surface area contributed by atoms with E-state index in [0.717, 1.165) is 18.0 Å². The zero-order valence-electron chi connectivity index (χ0n) is 10.9. The van der Waals surface area contributed by atoms with Crippen LogP contribution >= 0.6 is 22.9 Å². The molecule has 0 saturated carbocycles. The SMILES string of the molecule is CC(CNC1CCc2cc(Cl)ccc21)c1nccs1. The molecule has 100 valence electrons. The summed E-state index contributed by atoms with van der Waals surface area (Å²) in [6.45, 7) is 3.20. The number of rotatable bonds is 4. The molecule has 1 N–H and O–H groups in total. The molecule has 2 aromatic rings. The summed E-state index contributed by atoms with van der Waals surface area (Å²) in [7, 11) is 0. The highest BCUT2D eigenvalue weighted by Crippen LogP contribution is 2.33. The van der Waals surface area contributed by atoms with Crippen LogP contribution in [0.25, 0.3) is 0 Å². The Morgan fingerprint density at radius 3 is 3.21 bits per heavy atom. The van der Waals surface area contributed by atoms with Crippen LogP contribution in [0.3, 0.4) is 0 Å². The summed E-state index contributed by atoms with van der Waals surface area (Å²) in [5.41, 5.74) is 2.81. The van der Waals surface area contributed by atoms with Gasteiger partial charge in [0.15, 0.2) is 0 Å². The van der Waals surface area contributed by atoms with Gasteiger partial charge in [-0.15, -0.1) is 11.3 Å². The molecule has 2 atom stereocenters. The summed E-state index contributed by atoms with van der Waals surface area (Å²) in [5.74, 6) is 0.469. The summed E-state index contributed by atoms with van der Waals surface area (Å²) >= 11 is 7.77. The number of nitrogens with zero attached hydrogens (tertiary/aromatic N) is 1. The van der Waals surface area contributed by atoms with Gasteiger partial charge >= 0.3 is 0 Å². The maximum absolute atomic E-state index is 6.04. The van der Waals surface area contributed by atoms with Gasteiger partial charge in [-0.25, -0.2) is 4.98 Å². The lowest BCUT2D eigenvalue weighted by Gasteiger charge is -2.17. The van der Waals surface area contributed by atoms with Crippen molar-refractivity contribution in [3.63, 3.8) is 0 Å². The molecule has 1 aliphatic carbocycles. The highest BCUT2D eigenvalue weighted by Gasteiger charge is 2.22. The van der Waals surface area contributed by atoms with E-state index in [2.05, 4.69) is 29.4 Å². The number of fused-ring (bicyclic) bond motifs is 1. The number of hydrogen-bond acceptors (Lipinski definition) is 3. The Hall–Kier alpha value is -0.900. The summed E-state index contributed by atoms with van der Waals surface area (Å²) in [6.07, 6.45) is 4.17. The Kier molecular flexibility index (Phi) is 3.87. The van der Waals surface area contributed by atoms with Crippen molar-refractivity contribution in [2.24, 2.45) is 0 Å². The maximum atomic E-state index is 6.04. The average Bonchev–Trinajstić information content (AvgIpc) is 3.05. The minimum absolute atomic E-state index is 0.467. The first-order valence-electron chi connectivity index (χ1n) is 6.65. The van der Waals surface area contributed by atoms with Crippen LogP contribution in [0.15, 0.2) is 29.8 Å². The third kappa shape index (κ3) is 2.83. The van der Waals surface area contributed by atoms with Gasteiger partial charge in [0.05, 0.1) is 5.01 Å². The van der Waals surface area contributed by atoms with Crippen LogP contribution in [-0.2, 0) is 6.42 Å². The van der Waals surface area contributed by atoms with Crippen LogP contribution in [0.4, 0.5) is 0 Å². The van der Waals surface area contributed by atoms with Gasteiger partial charge in [-0.05, 0) is 36.1 Å². The summed E-state index contributed by atoms with van der Waals surface area (Å²) < 4.78 is 0. The summed E-state index contributed by atoms with van der Waals surface area (Å²) in [6, 6.07) is 6.72. The Morgan fingerprint density at radius 1 is 1.53 bits per heavy atom. The van der Waals surface area contributed by atoms with E-state index in [9.17, 15) is 0 Å². The summed E-state index contributed by atoms with van der Waals surface area (Å²) in [4.78, 5) is 4.38. The van der Waals surface area contributed by atoms with Gasteiger partial charge in [-0.2, -0.15) is 0 Å². The first-order valence-corrected chi connectivity index (χ1v) is 7.91. The topological polar surface area (TPSA) is 24.9 Å². The molecule has 0 saturated heterocycles. The molecule has 1 heterocycles. The molecule has 2 unspecified atom stereocenters. The van der Waals surface area contributed by atoms with Crippen LogP contribution in [0.1, 0.15) is 41.4 Å². The van der Waals surface area contributed by atoms with Gasteiger partial charge in [-0.3, -0.25) is 0 Å². The Labute approximate surface area is 122 Å². The number of aromatic nitrogens is 1. The first-order chi connectivity index (χ1) is 9.24. The second-order valence-electron chi connectivity index (χ2n) is 5.11. The number of benzene rings is 1. The third-order valence-electron chi connectivity index (χ3n) is 3.73. The number of aryl methyl sites for hydroxylation is 1. The molecule has 1 aromatic carbocycles. The van der Waals surface area contributed by atoms with Gasteiger partial charge in [-0.1, -0.05) is 24.6 Å². The van der Waals surface area contributed by atoms with E-state index in [1.54, 1.807) is 11.3 Å². The van der Waals surface area contributed by atoms with Gasteiger partial charge in [0.25, 0.3) is 0 Å². The highest BCUT2D eigenvalue weighted by molar-refractivity contribution is 7.09. The van der Waals surface area contributed by atoms with Crippen molar-refractivity contribution in [2.75, 3.05) is 6.54 Å². The van der Waals surface area contributed by atoms with Crippen molar-refractivity contribution < 1.29 is 0 Å². The van der Waals surface area contributed by atoms with Gasteiger partial charge in [0.1, 0.15) is 0 Å². The molecular weight excluding hydrogens is 276 g/mol. The van der Waals surface area contributed by atoms with E-state index >= 15 is 0 Å². The van der Waals surface area contributed by atoms with E-state index in [4.69, 9.17) is 11.6 Å². The summed E-state index contributed by atoms with van der Waals surface area (Å²) in [5, 5.41) is 7.76. The molecule has 2 nitrogen and oxygen atoms in total. The lowest BCUT2D eigenvalue weighted by Crippen LogP contribution is -2.24. The largest absolute Gasteiger partial charge is 0.309 e. The van der Waals surface area contributed by atoms with Gasteiger partial charge in [0.2, 0.25) is 0 Å². The molecule has 0 bridgehead atoms. The Morgan fingerprint density at radius 2 is 2.42 bits per heavy atom. The van der Waals surface area contributed by atoms with E-state index in [1.807, 2.05) is 17.6 Å². The van der Waals surface area contributed by atoms with Crippen molar-refractivity contribution in [3.8, 4) is 0 Å². The molecule has 19 heavy (non-hydrogen) atoms. The molecule has 1 aliphatic rings. The van der Waals surface area contributed by atoms with Gasteiger partial charge < -0.3 is 5.32 Å². The minimum atomic E-state index is 0.467. The molecule has 3 rings (SSSR count). The predicted octanol–water partition coefficient (Wildman–Crippen LogP) is 4.18.